The van der Waals surface area contributed by atoms with Crippen molar-refractivity contribution in [3.05, 3.63) is 34.3 Å². The third-order valence-corrected chi connectivity index (χ3v) is 3.22. The van der Waals surface area contributed by atoms with E-state index in [-0.39, 0.29) is 5.91 Å². The van der Waals surface area contributed by atoms with E-state index < -0.39 is 0 Å². The Hall–Kier alpha value is -1.06. The normalized spacial score (nSPS) is 16.2. The lowest BCUT2D eigenvalue weighted by atomic mass is 10.1. The van der Waals surface area contributed by atoms with Gasteiger partial charge < -0.3 is 9.64 Å². The Bertz CT molecular complexity index is 400. The summed E-state index contributed by atoms with van der Waals surface area (Å²) in [5.74, 6) is -0.00278. The Labute approximate surface area is 100.0 Å². The van der Waals surface area contributed by atoms with Gasteiger partial charge in [0.1, 0.15) is 0 Å². The van der Waals surface area contributed by atoms with Crippen LogP contribution in [0.15, 0.2) is 18.2 Å². The molecule has 0 bridgehead atoms. The highest BCUT2D eigenvalue weighted by Crippen LogP contribution is 2.22. The summed E-state index contributed by atoms with van der Waals surface area (Å²) in [4.78, 5) is 13.9. The van der Waals surface area contributed by atoms with E-state index in [2.05, 4.69) is 0 Å². The molecular formula is C12H14ClNO2. The van der Waals surface area contributed by atoms with E-state index in [4.69, 9.17) is 16.3 Å². The van der Waals surface area contributed by atoms with E-state index in [1.807, 2.05) is 19.1 Å². The van der Waals surface area contributed by atoms with Gasteiger partial charge in [0.2, 0.25) is 0 Å². The Balaban J connectivity index is 2.22. The molecule has 0 saturated carbocycles. The summed E-state index contributed by atoms with van der Waals surface area (Å²) in [6.45, 7) is 4.40. The fourth-order valence-corrected chi connectivity index (χ4v) is 1.96. The number of nitrogens with zero attached hydrogens (tertiary/aromatic N) is 1. The second-order valence-corrected chi connectivity index (χ2v) is 4.22. The minimum atomic E-state index is -0.00278. The van der Waals surface area contributed by atoms with Crippen LogP contribution in [-0.2, 0) is 4.74 Å². The molecule has 1 aromatic rings. The maximum absolute atomic E-state index is 12.2. The highest BCUT2D eigenvalue weighted by molar-refractivity contribution is 6.34. The first-order chi connectivity index (χ1) is 7.70. The highest BCUT2D eigenvalue weighted by Gasteiger charge is 2.20. The minimum Gasteiger partial charge on any atom is -0.378 e. The van der Waals surface area contributed by atoms with Crippen molar-refractivity contribution < 1.29 is 9.53 Å². The van der Waals surface area contributed by atoms with Crippen LogP contribution >= 0.6 is 11.6 Å². The molecule has 0 spiro atoms. The van der Waals surface area contributed by atoms with Crippen LogP contribution in [0.25, 0.3) is 0 Å². The maximum atomic E-state index is 12.2. The first-order valence-corrected chi connectivity index (χ1v) is 5.70. The number of ether oxygens (including phenoxy) is 1. The molecule has 0 N–H and O–H groups in total. The standard InChI is InChI=1S/C12H14ClNO2/c1-9-3-2-4-10(11(9)13)12(15)14-5-7-16-8-6-14/h2-4H,5-8H2,1H3. The average Bonchev–Trinajstić information content (AvgIpc) is 2.33. The van der Waals surface area contributed by atoms with Crippen LogP contribution < -0.4 is 0 Å². The van der Waals surface area contributed by atoms with Gasteiger partial charge in [-0.2, -0.15) is 0 Å². The Morgan fingerprint density at radius 1 is 1.38 bits per heavy atom. The fraction of sp³-hybridized carbons (Fsp3) is 0.417. The lowest BCUT2D eigenvalue weighted by Crippen LogP contribution is -2.40. The molecule has 0 unspecified atom stereocenters. The molecule has 1 aliphatic rings. The average molecular weight is 240 g/mol. The topological polar surface area (TPSA) is 29.5 Å². The third kappa shape index (κ3) is 2.20. The molecule has 1 aliphatic heterocycles. The van der Waals surface area contributed by atoms with Crippen LogP contribution in [0.2, 0.25) is 5.02 Å². The molecule has 4 heteroatoms. The highest BCUT2D eigenvalue weighted by atomic mass is 35.5. The number of rotatable bonds is 1. The molecule has 0 aromatic heterocycles. The van der Waals surface area contributed by atoms with Crippen LogP contribution in [0.1, 0.15) is 15.9 Å². The van der Waals surface area contributed by atoms with Crippen LogP contribution in [0, 0.1) is 6.92 Å². The lowest BCUT2D eigenvalue weighted by molar-refractivity contribution is 0.0303. The van der Waals surface area contributed by atoms with Crippen LogP contribution in [0.4, 0.5) is 0 Å². The molecule has 86 valence electrons. The largest absolute Gasteiger partial charge is 0.378 e. The molecule has 0 atom stereocenters. The number of halogens is 1. The van der Waals surface area contributed by atoms with E-state index in [1.54, 1.807) is 11.0 Å². The quantitative estimate of drug-likeness (QED) is 0.751. The Morgan fingerprint density at radius 2 is 2.06 bits per heavy atom. The number of hydrogen-bond acceptors (Lipinski definition) is 2. The molecule has 0 radical (unpaired) electrons. The van der Waals surface area contributed by atoms with Crippen molar-refractivity contribution in [3.63, 3.8) is 0 Å². The monoisotopic (exact) mass is 239 g/mol. The van der Waals surface area contributed by atoms with E-state index >= 15 is 0 Å². The SMILES string of the molecule is Cc1cccc(C(=O)N2CCOCC2)c1Cl. The van der Waals surface area contributed by atoms with Crippen LogP contribution in [0.3, 0.4) is 0 Å². The van der Waals surface area contributed by atoms with Gasteiger partial charge in [0, 0.05) is 13.1 Å². The summed E-state index contributed by atoms with van der Waals surface area (Å²) in [5.41, 5.74) is 1.52. The van der Waals surface area contributed by atoms with Crippen molar-refractivity contribution in [2.75, 3.05) is 26.3 Å². The van der Waals surface area contributed by atoms with Gasteiger partial charge in [-0.05, 0) is 18.6 Å². The van der Waals surface area contributed by atoms with Gasteiger partial charge in [-0.1, -0.05) is 23.7 Å². The molecule has 1 heterocycles. The fourth-order valence-electron chi connectivity index (χ4n) is 1.75. The van der Waals surface area contributed by atoms with Gasteiger partial charge in [0.15, 0.2) is 0 Å². The zero-order valence-corrected chi connectivity index (χ0v) is 9.96. The first kappa shape index (κ1) is 11.4. The van der Waals surface area contributed by atoms with Gasteiger partial charge >= 0.3 is 0 Å². The van der Waals surface area contributed by atoms with Crippen molar-refractivity contribution in [2.24, 2.45) is 0 Å². The number of hydrogen-bond donors (Lipinski definition) is 0. The number of benzene rings is 1. The van der Waals surface area contributed by atoms with E-state index in [1.165, 1.54) is 0 Å². The number of carbonyl (C=O) groups is 1. The van der Waals surface area contributed by atoms with Crippen molar-refractivity contribution in [1.82, 2.24) is 4.90 Å². The first-order valence-electron chi connectivity index (χ1n) is 5.32. The summed E-state index contributed by atoms with van der Waals surface area (Å²) in [6.07, 6.45) is 0. The van der Waals surface area contributed by atoms with E-state index in [0.29, 0.717) is 36.9 Å². The molecule has 0 aliphatic carbocycles. The maximum Gasteiger partial charge on any atom is 0.255 e. The van der Waals surface area contributed by atoms with Gasteiger partial charge in [-0.15, -0.1) is 0 Å². The van der Waals surface area contributed by atoms with Crippen molar-refractivity contribution in [3.8, 4) is 0 Å². The predicted molar refractivity (Wildman–Crippen MR) is 62.9 cm³/mol. The predicted octanol–water partition coefficient (Wildman–Crippen LogP) is 2.12. The molecule has 1 saturated heterocycles. The Morgan fingerprint density at radius 3 is 2.75 bits per heavy atom. The molecule has 16 heavy (non-hydrogen) atoms. The lowest BCUT2D eigenvalue weighted by Gasteiger charge is -2.27. The summed E-state index contributed by atoms with van der Waals surface area (Å²) in [5, 5.41) is 0.555. The second-order valence-electron chi connectivity index (χ2n) is 3.84. The number of amides is 1. The molecule has 1 amide bonds. The zero-order chi connectivity index (χ0) is 11.5. The summed E-state index contributed by atoms with van der Waals surface area (Å²) in [6, 6.07) is 5.53. The van der Waals surface area contributed by atoms with Gasteiger partial charge in [0.05, 0.1) is 23.8 Å². The summed E-state index contributed by atoms with van der Waals surface area (Å²) < 4.78 is 5.21. The molecular weight excluding hydrogens is 226 g/mol. The van der Waals surface area contributed by atoms with E-state index in [0.717, 1.165) is 5.56 Å². The Kier molecular flexibility index (Phi) is 3.46. The molecule has 3 nitrogen and oxygen atoms in total. The number of morpholine rings is 1. The van der Waals surface area contributed by atoms with E-state index in [9.17, 15) is 4.79 Å². The number of carbonyl (C=O) groups excluding carboxylic acids is 1. The smallest absolute Gasteiger partial charge is 0.255 e. The van der Waals surface area contributed by atoms with Crippen LogP contribution in [-0.4, -0.2) is 37.1 Å². The third-order valence-electron chi connectivity index (χ3n) is 2.72. The molecule has 2 rings (SSSR count). The zero-order valence-electron chi connectivity index (χ0n) is 9.20. The molecule has 1 aromatic carbocycles. The van der Waals surface area contributed by atoms with Crippen LogP contribution in [0.5, 0.6) is 0 Å². The second kappa shape index (κ2) is 4.85. The van der Waals surface area contributed by atoms with Crippen molar-refractivity contribution >= 4 is 17.5 Å². The van der Waals surface area contributed by atoms with Gasteiger partial charge in [-0.3, -0.25) is 4.79 Å². The molecule has 1 fully saturated rings. The van der Waals surface area contributed by atoms with Gasteiger partial charge in [0.25, 0.3) is 5.91 Å². The van der Waals surface area contributed by atoms with Gasteiger partial charge in [-0.25, -0.2) is 0 Å². The summed E-state index contributed by atoms with van der Waals surface area (Å²) in [7, 11) is 0. The van der Waals surface area contributed by atoms with Crippen molar-refractivity contribution in [1.29, 1.82) is 0 Å². The summed E-state index contributed by atoms with van der Waals surface area (Å²) >= 11 is 6.13. The number of aryl methyl sites for hydroxylation is 1. The minimum absolute atomic E-state index is 0.00278. The van der Waals surface area contributed by atoms with Crippen molar-refractivity contribution in [2.45, 2.75) is 6.92 Å².